The number of methoxy groups -OCH3 is 1. The summed E-state index contributed by atoms with van der Waals surface area (Å²) in [6.07, 6.45) is -5.69. The van der Waals surface area contributed by atoms with Gasteiger partial charge in [-0.15, -0.1) is 0 Å². The van der Waals surface area contributed by atoms with Gasteiger partial charge in [-0.2, -0.15) is 0 Å². The van der Waals surface area contributed by atoms with E-state index in [9.17, 15) is 23.7 Å². The molecule has 3 rings (SSSR count). The predicted molar refractivity (Wildman–Crippen MR) is 131 cm³/mol. The molecule has 5 atom stereocenters. The Bertz CT molecular complexity index is 1240. The summed E-state index contributed by atoms with van der Waals surface area (Å²) in [4.78, 5) is 49.3. The van der Waals surface area contributed by atoms with Gasteiger partial charge in [0.1, 0.15) is 12.2 Å². The third-order valence-electron chi connectivity index (χ3n) is 5.46. The molecule has 0 saturated carbocycles. The van der Waals surface area contributed by atoms with Crippen LogP contribution in [0, 0.1) is 0 Å². The summed E-state index contributed by atoms with van der Waals surface area (Å²) >= 11 is 0. The highest BCUT2D eigenvalue weighted by Gasteiger charge is 2.71. The summed E-state index contributed by atoms with van der Waals surface area (Å²) in [5.41, 5.74) is -3.45. The molecule has 1 aromatic heterocycles. The SMILES string of the molecule is COC1O[C@H]2[C@@](C)(O1)[C@H](n1ccc(=O)[nH]c1=O)O[C@]2(F)COP(=O)(OCOC(=O)OC(C)C)OCOC(=O)OC(C)C. The van der Waals surface area contributed by atoms with E-state index in [1.165, 1.54) is 14.0 Å². The van der Waals surface area contributed by atoms with Crippen LogP contribution < -0.4 is 11.2 Å². The molecule has 2 saturated heterocycles. The van der Waals surface area contributed by atoms with E-state index in [0.29, 0.717) is 0 Å². The molecule has 2 aliphatic rings. The highest BCUT2D eigenvalue weighted by atomic mass is 31.2. The highest BCUT2D eigenvalue weighted by Crippen LogP contribution is 2.56. The van der Waals surface area contributed by atoms with E-state index in [0.717, 1.165) is 16.8 Å². The third-order valence-corrected chi connectivity index (χ3v) is 6.75. The van der Waals surface area contributed by atoms with Crippen LogP contribution in [0.5, 0.6) is 0 Å². The molecule has 2 aliphatic heterocycles. The van der Waals surface area contributed by atoms with Gasteiger partial charge in [-0.1, -0.05) is 0 Å². The number of carbonyl (C=O) groups is 2. The number of H-pyrrole nitrogens is 1. The molecule has 3 heterocycles. The number of aromatic nitrogens is 2. The number of aromatic amines is 1. The minimum absolute atomic E-state index is 0.551. The lowest BCUT2D eigenvalue weighted by Gasteiger charge is -2.27. The summed E-state index contributed by atoms with van der Waals surface area (Å²) in [5, 5.41) is 0. The van der Waals surface area contributed by atoms with Crippen molar-refractivity contribution in [1.82, 2.24) is 9.55 Å². The van der Waals surface area contributed by atoms with E-state index in [4.69, 9.17) is 42.0 Å². The fourth-order valence-corrected chi connectivity index (χ4v) is 4.71. The minimum Gasteiger partial charge on any atom is -0.432 e. The maximum absolute atomic E-state index is 16.4. The molecule has 0 aliphatic carbocycles. The molecule has 0 bridgehead atoms. The Morgan fingerprint density at radius 2 is 1.62 bits per heavy atom. The summed E-state index contributed by atoms with van der Waals surface area (Å²) in [6, 6.07) is 0.992. The number of carbonyl (C=O) groups excluding carboxylic acids is 2. The van der Waals surface area contributed by atoms with Crippen molar-refractivity contribution < 1.29 is 70.0 Å². The number of alkyl halides is 1. The van der Waals surface area contributed by atoms with Gasteiger partial charge in [0.25, 0.3) is 17.9 Å². The summed E-state index contributed by atoms with van der Waals surface area (Å²) in [6.45, 7) is 2.73. The Labute approximate surface area is 237 Å². The zero-order valence-electron chi connectivity index (χ0n) is 23.5. The summed E-state index contributed by atoms with van der Waals surface area (Å²) < 4.78 is 86.0. The van der Waals surface area contributed by atoms with E-state index >= 15 is 4.39 Å². The molecular weight excluding hydrogens is 598 g/mol. The first-order chi connectivity index (χ1) is 19.6. The van der Waals surface area contributed by atoms with Crippen LogP contribution in [0.15, 0.2) is 21.9 Å². The molecule has 0 spiro atoms. The Hall–Kier alpha value is -2.90. The monoisotopic (exact) mass is 630 g/mol. The van der Waals surface area contributed by atoms with Crippen LogP contribution >= 0.6 is 7.82 Å². The molecule has 0 aromatic carbocycles. The number of ether oxygens (including phenoxy) is 8. The van der Waals surface area contributed by atoms with Crippen LogP contribution in [0.4, 0.5) is 14.0 Å². The summed E-state index contributed by atoms with van der Waals surface area (Å²) in [7, 11) is -3.71. The Morgan fingerprint density at radius 1 is 1.05 bits per heavy atom. The molecule has 0 amide bonds. The number of nitrogens with one attached hydrogen (secondary N) is 1. The first-order valence-electron chi connectivity index (χ1n) is 12.4. The van der Waals surface area contributed by atoms with Gasteiger partial charge in [-0.25, -0.2) is 32.4 Å². The van der Waals surface area contributed by atoms with Crippen LogP contribution in [-0.2, 0) is 56.0 Å². The smallest absolute Gasteiger partial charge is 0.432 e. The normalized spacial score (nSPS) is 27.2. The quantitative estimate of drug-likeness (QED) is 0.188. The van der Waals surface area contributed by atoms with Crippen molar-refractivity contribution in [1.29, 1.82) is 0 Å². The zero-order chi connectivity index (χ0) is 31.3. The van der Waals surface area contributed by atoms with Gasteiger partial charge >= 0.3 is 25.8 Å². The molecule has 0 radical (unpaired) electrons. The summed E-state index contributed by atoms with van der Waals surface area (Å²) in [5.74, 6) is -3.03. The van der Waals surface area contributed by atoms with Crippen molar-refractivity contribution in [3.8, 4) is 0 Å². The van der Waals surface area contributed by atoms with Crippen LogP contribution in [0.1, 0.15) is 40.8 Å². The fraction of sp³-hybridized carbons (Fsp3) is 0.727. The van der Waals surface area contributed by atoms with Crippen LogP contribution in [-0.4, -0.2) is 85.4 Å². The number of hydrogen-bond donors (Lipinski definition) is 1. The van der Waals surface area contributed by atoms with Crippen molar-refractivity contribution in [2.75, 3.05) is 27.3 Å². The van der Waals surface area contributed by atoms with E-state index in [-0.39, 0.29) is 0 Å². The van der Waals surface area contributed by atoms with E-state index in [1.54, 1.807) is 27.7 Å². The molecule has 238 valence electrons. The minimum atomic E-state index is -4.91. The molecule has 18 nitrogen and oxygen atoms in total. The highest BCUT2D eigenvalue weighted by molar-refractivity contribution is 7.48. The van der Waals surface area contributed by atoms with Crippen molar-refractivity contribution >= 4 is 20.1 Å². The maximum atomic E-state index is 16.4. The van der Waals surface area contributed by atoms with Crippen molar-refractivity contribution in [3.05, 3.63) is 33.1 Å². The number of rotatable bonds is 13. The average Bonchev–Trinajstić information content (AvgIpc) is 3.33. The van der Waals surface area contributed by atoms with Gasteiger partial charge in [0, 0.05) is 19.4 Å². The first kappa shape index (κ1) is 33.6. The topological polar surface area (TPSA) is 208 Å². The zero-order valence-corrected chi connectivity index (χ0v) is 24.4. The van der Waals surface area contributed by atoms with Gasteiger partial charge in [0.05, 0.1) is 12.2 Å². The number of phosphoric acid groups is 1. The van der Waals surface area contributed by atoms with Gasteiger partial charge in [0.2, 0.25) is 13.6 Å². The van der Waals surface area contributed by atoms with Gasteiger partial charge in [-0.05, 0) is 34.6 Å². The van der Waals surface area contributed by atoms with Gasteiger partial charge < -0.3 is 37.9 Å². The van der Waals surface area contributed by atoms with Crippen LogP contribution in [0.25, 0.3) is 0 Å². The molecular formula is C22H32FN2O16P. The number of nitrogens with zero attached hydrogens (tertiary/aromatic N) is 1. The molecule has 1 N–H and O–H groups in total. The Morgan fingerprint density at radius 3 is 2.12 bits per heavy atom. The van der Waals surface area contributed by atoms with Gasteiger partial charge in [-0.3, -0.25) is 18.9 Å². The second-order valence-corrected chi connectivity index (χ2v) is 11.1. The van der Waals surface area contributed by atoms with Crippen LogP contribution in [0.3, 0.4) is 0 Å². The molecule has 42 heavy (non-hydrogen) atoms. The van der Waals surface area contributed by atoms with Crippen molar-refractivity contribution in [3.63, 3.8) is 0 Å². The molecule has 1 aromatic rings. The standard InChI is InChI=1S/C22H32FN2O16P/c1-12(2)37-18(28)32-10-35-42(30,36-11-33-19(29)38-13(3)4)34-9-22(23)15-21(5,41-20(31-6)39-15)16(40-22)25-8-7-14(26)24-17(25)27/h7-8,12-13,15-16,20H,9-11H2,1-6H3,(H,24,26,27)/t15-,16+,20?,21+,22+/m0/s1. The number of hydrogen-bond acceptors (Lipinski definition) is 16. The first-order valence-corrected chi connectivity index (χ1v) is 13.8. The number of phosphoric ester groups is 1. The van der Waals surface area contributed by atoms with E-state index in [2.05, 4.69) is 9.47 Å². The number of halogens is 1. The van der Waals surface area contributed by atoms with Crippen molar-refractivity contribution in [2.45, 2.75) is 77.1 Å². The van der Waals surface area contributed by atoms with Crippen molar-refractivity contribution in [2.24, 2.45) is 0 Å². The number of fused-ring (bicyclic) bond motifs is 1. The average molecular weight is 630 g/mol. The Kier molecular flexibility index (Phi) is 10.9. The van der Waals surface area contributed by atoms with E-state index < -0.39 is 94.0 Å². The second-order valence-electron chi connectivity index (χ2n) is 9.45. The predicted octanol–water partition coefficient (Wildman–Crippen LogP) is 2.03. The lowest BCUT2D eigenvalue weighted by molar-refractivity contribution is -0.300. The fourth-order valence-electron chi connectivity index (χ4n) is 3.79. The second kappa shape index (κ2) is 13.6. The molecule has 2 fully saturated rings. The largest absolute Gasteiger partial charge is 0.510 e. The maximum Gasteiger partial charge on any atom is 0.510 e. The lowest BCUT2D eigenvalue weighted by atomic mass is 9.95. The van der Waals surface area contributed by atoms with Crippen LogP contribution in [0.2, 0.25) is 0 Å². The Balaban J connectivity index is 1.80. The molecule has 1 unspecified atom stereocenters. The van der Waals surface area contributed by atoms with E-state index in [1.807, 2.05) is 4.98 Å². The third kappa shape index (κ3) is 8.13. The molecule has 20 heteroatoms. The lowest BCUT2D eigenvalue weighted by Crippen LogP contribution is -2.48. The van der Waals surface area contributed by atoms with Gasteiger partial charge in [0.15, 0.2) is 12.3 Å².